The minimum atomic E-state index is -4.32. The largest absolute Gasteiger partial charge is 0.416 e. The molecule has 2 saturated carbocycles. The Morgan fingerprint density at radius 3 is 1.17 bits per heavy atom. The predicted molar refractivity (Wildman–Crippen MR) is 138 cm³/mol. The third-order valence-electron chi connectivity index (χ3n) is 7.80. The first-order chi connectivity index (χ1) is 17.0. The van der Waals surface area contributed by atoms with E-state index in [9.17, 15) is 13.2 Å². The minimum Gasteiger partial charge on any atom is -0.166 e. The lowest BCUT2D eigenvalue weighted by Crippen LogP contribution is -2.09. The Balaban J connectivity index is 1.46. The first kappa shape index (κ1) is 24.5. The van der Waals surface area contributed by atoms with Crippen LogP contribution in [0.1, 0.15) is 92.7 Å². The van der Waals surface area contributed by atoms with E-state index < -0.39 is 22.6 Å². The SMILES string of the molecule is FC(F)(F)c1ccc([S+](c2ccc(C3CCCCC3)cc2)c2ccc(C3CCCCC3)cc2)cc1. The summed E-state index contributed by atoms with van der Waals surface area (Å²) in [6.45, 7) is 0. The summed E-state index contributed by atoms with van der Waals surface area (Å²) in [5, 5.41) is 0. The van der Waals surface area contributed by atoms with Crippen LogP contribution in [0.25, 0.3) is 0 Å². The first-order valence-corrected chi connectivity index (χ1v) is 14.3. The quantitative estimate of drug-likeness (QED) is 0.309. The Morgan fingerprint density at radius 2 is 0.829 bits per heavy atom. The summed E-state index contributed by atoms with van der Waals surface area (Å²) >= 11 is 0. The van der Waals surface area contributed by atoms with Crippen LogP contribution in [-0.2, 0) is 17.1 Å². The Kier molecular flexibility index (Phi) is 7.57. The molecule has 0 N–H and O–H groups in total. The molecule has 0 spiro atoms. The van der Waals surface area contributed by atoms with Crippen molar-refractivity contribution in [1.29, 1.82) is 0 Å². The van der Waals surface area contributed by atoms with Crippen LogP contribution in [0.2, 0.25) is 0 Å². The standard InChI is InChI=1S/C31H34F3S/c32-31(33,34)27-15-21-30(22-16-27)35(28-17-11-25(12-18-28)23-7-3-1-4-8-23)29-19-13-26(14-20-29)24-9-5-2-6-10-24/h11-24H,1-10H2/q+1. The second-order valence-corrected chi connectivity index (χ2v) is 12.2. The molecule has 0 bridgehead atoms. The summed E-state index contributed by atoms with van der Waals surface area (Å²) < 4.78 is 39.6. The van der Waals surface area contributed by atoms with Crippen molar-refractivity contribution in [2.24, 2.45) is 0 Å². The van der Waals surface area contributed by atoms with Gasteiger partial charge >= 0.3 is 6.18 Å². The van der Waals surface area contributed by atoms with E-state index in [2.05, 4.69) is 48.5 Å². The highest BCUT2D eigenvalue weighted by Crippen LogP contribution is 2.38. The second kappa shape index (κ2) is 10.8. The van der Waals surface area contributed by atoms with E-state index in [-0.39, 0.29) is 0 Å². The average Bonchev–Trinajstić information content (AvgIpc) is 2.90. The maximum absolute atomic E-state index is 13.2. The predicted octanol–water partition coefficient (Wildman–Crippen LogP) is 9.90. The van der Waals surface area contributed by atoms with E-state index >= 15 is 0 Å². The molecule has 3 aromatic carbocycles. The Bertz CT molecular complexity index is 1010. The molecule has 2 fully saturated rings. The van der Waals surface area contributed by atoms with E-state index in [0.717, 1.165) is 14.7 Å². The van der Waals surface area contributed by atoms with Crippen molar-refractivity contribution in [3.05, 3.63) is 89.5 Å². The molecule has 184 valence electrons. The summed E-state index contributed by atoms with van der Waals surface area (Å²) in [6, 6.07) is 23.6. The summed E-state index contributed by atoms with van der Waals surface area (Å²) in [6.07, 6.45) is 8.58. The molecule has 0 saturated heterocycles. The lowest BCUT2D eigenvalue weighted by molar-refractivity contribution is -0.137. The van der Waals surface area contributed by atoms with Crippen molar-refractivity contribution in [2.45, 2.75) is 96.9 Å². The fraction of sp³-hybridized carbons (Fsp3) is 0.419. The maximum atomic E-state index is 13.2. The third-order valence-corrected chi connectivity index (χ3v) is 10.0. The van der Waals surface area contributed by atoms with Crippen molar-refractivity contribution >= 4 is 10.9 Å². The van der Waals surface area contributed by atoms with Gasteiger partial charge in [-0.3, -0.25) is 0 Å². The van der Waals surface area contributed by atoms with Gasteiger partial charge in [0, 0.05) is 0 Å². The van der Waals surface area contributed by atoms with Crippen LogP contribution in [-0.4, -0.2) is 0 Å². The van der Waals surface area contributed by atoms with Crippen molar-refractivity contribution in [3.8, 4) is 0 Å². The molecule has 0 nitrogen and oxygen atoms in total. The molecule has 0 radical (unpaired) electrons. The summed E-state index contributed by atoms with van der Waals surface area (Å²) in [4.78, 5) is 3.25. The van der Waals surface area contributed by atoms with Gasteiger partial charge in [-0.1, -0.05) is 62.8 Å². The van der Waals surface area contributed by atoms with E-state index in [4.69, 9.17) is 0 Å². The fourth-order valence-corrected chi connectivity index (χ4v) is 7.85. The van der Waals surface area contributed by atoms with Gasteiger partial charge in [-0.25, -0.2) is 0 Å². The van der Waals surface area contributed by atoms with Crippen molar-refractivity contribution in [1.82, 2.24) is 0 Å². The minimum absolute atomic E-state index is 0.443. The number of halogens is 3. The number of hydrogen-bond donors (Lipinski definition) is 0. The van der Waals surface area contributed by atoms with Crippen molar-refractivity contribution in [3.63, 3.8) is 0 Å². The average molecular weight is 496 g/mol. The smallest absolute Gasteiger partial charge is 0.166 e. The second-order valence-electron chi connectivity index (χ2n) is 10.1. The van der Waals surface area contributed by atoms with Crippen LogP contribution in [0, 0.1) is 0 Å². The summed E-state index contributed by atoms with van der Waals surface area (Å²) in [7, 11) is -0.443. The zero-order chi connectivity index (χ0) is 24.3. The molecule has 0 heterocycles. The number of rotatable bonds is 5. The van der Waals surface area contributed by atoms with Gasteiger partial charge in [0.05, 0.1) is 16.5 Å². The highest BCUT2D eigenvalue weighted by molar-refractivity contribution is 7.97. The van der Waals surface area contributed by atoms with Crippen LogP contribution in [0.15, 0.2) is 87.5 Å². The van der Waals surface area contributed by atoms with Gasteiger partial charge in [0.2, 0.25) is 0 Å². The lowest BCUT2D eigenvalue weighted by atomic mass is 9.84. The molecule has 4 heteroatoms. The normalized spacial score (nSPS) is 18.2. The highest BCUT2D eigenvalue weighted by atomic mass is 32.2. The van der Waals surface area contributed by atoms with Crippen LogP contribution in [0.4, 0.5) is 13.2 Å². The van der Waals surface area contributed by atoms with E-state index in [0.29, 0.717) is 11.8 Å². The Hall–Kier alpha value is -2.20. The van der Waals surface area contributed by atoms with Crippen LogP contribution < -0.4 is 0 Å². The molecule has 0 amide bonds. The molecule has 2 aliphatic rings. The van der Waals surface area contributed by atoms with Crippen LogP contribution in [0.5, 0.6) is 0 Å². The third kappa shape index (κ3) is 5.80. The van der Waals surface area contributed by atoms with Crippen molar-refractivity contribution in [2.75, 3.05) is 0 Å². The van der Waals surface area contributed by atoms with Gasteiger partial charge in [-0.2, -0.15) is 13.2 Å². The molecule has 3 aromatic rings. The maximum Gasteiger partial charge on any atom is 0.416 e. The van der Waals surface area contributed by atoms with Crippen LogP contribution >= 0.6 is 0 Å². The lowest BCUT2D eigenvalue weighted by Gasteiger charge is -2.22. The van der Waals surface area contributed by atoms with Gasteiger partial charge in [-0.05, 0) is 97.2 Å². The van der Waals surface area contributed by atoms with E-state index in [1.165, 1.54) is 87.5 Å². The molecule has 0 aromatic heterocycles. The molecule has 0 aliphatic heterocycles. The first-order valence-electron chi connectivity index (χ1n) is 13.1. The van der Waals surface area contributed by atoms with Gasteiger partial charge in [0.15, 0.2) is 14.7 Å². The summed E-state index contributed by atoms with van der Waals surface area (Å²) in [5.74, 6) is 1.28. The van der Waals surface area contributed by atoms with Crippen LogP contribution in [0.3, 0.4) is 0 Å². The molecule has 0 atom stereocenters. The fourth-order valence-electron chi connectivity index (χ4n) is 5.81. The van der Waals surface area contributed by atoms with Gasteiger partial charge < -0.3 is 0 Å². The molecular formula is C31H34F3S+. The number of benzene rings is 3. The Morgan fingerprint density at radius 1 is 0.486 bits per heavy atom. The topological polar surface area (TPSA) is 0 Å². The molecular weight excluding hydrogens is 461 g/mol. The van der Waals surface area contributed by atoms with E-state index in [1.54, 1.807) is 12.1 Å². The molecule has 0 unspecified atom stereocenters. The zero-order valence-electron chi connectivity index (χ0n) is 20.2. The van der Waals surface area contributed by atoms with Gasteiger partial charge in [0.1, 0.15) is 0 Å². The molecule has 5 rings (SSSR count). The molecule has 2 aliphatic carbocycles. The Labute approximate surface area is 210 Å². The van der Waals surface area contributed by atoms with E-state index in [1.807, 2.05) is 0 Å². The highest BCUT2D eigenvalue weighted by Gasteiger charge is 2.33. The van der Waals surface area contributed by atoms with Gasteiger partial charge in [-0.15, -0.1) is 0 Å². The van der Waals surface area contributed by atoms with Gasteiger partial charge in [0.25, 0.3) is 0 Å². The number of alkyl halides is 3. The summed E-state index contributed by atoms with van der Waals surface area (Å²) in [5.41, 5.74) is 2.21. The zero-order valence-corrected chi connectivity index (χ0v) is 21.0. The number of hydrogen-bond acceptors (Lipinski definition) is 0. The monoisotopic (exact) mass is 495 g/mol. The van der Waals surface area contributed by atoms with Crippen molar-refractivity contribution < 1.29 is 13.2 Å². The molecule has 35 heavy (non-hydrogen) atoms.